The molecule has 1 heterocycles. The molecule has 0 radical (unpaired) electrons. The molecular weight excluding hydrogens is 274 g/mol. The number of carbonyl (C=O) groups excluding carboxylic acids is 1. The molecule has 0 saturated carbocycles. The highest BCUT2D eigenvalue weighted by Gasteiger charge is 2.28. The fourth-order valence-corrected chi connectivity index (χ4v) is 2.51. The van der Waals surface area contributed by atoms with Crippen LogP contribution in [0, 0.1) is 5.92 Å². The van der Waals surface area contributed by atoms with E-state index >= 15 is 0 Å². The van der Waals surface area contributed by atoms with E-state index < -0.39 is 0 Å². The van der Waals surface area contributed by atoms with Crippen LogP contribution in [-0.2, 0) is 0 Å². The number of piperidine rings is 1. The van der Waals surface area contributed by atoms with Crippen molar-refractivity contribution < 1.29 is 19.8 Å². The summed E-state index contributed by atoms with van der Waals surface area (Å²) >= 11 is 0. The number of rotatable bonds is 3. The number of carbonyl (C=O) groups is 1. The number of nitrogens with zero attached hydrogens (tertiary/aromatic N) is 2. The highest BCUT2D eigenvalue weighted by Crippen LogP contribution is 2.31. The zero-order valence-electron chi connectivity index (χ0n) is 11.8. The van der Waals surface area contributed by atoms with Gasteiger partial charge in [-0.05, 0) is 25.0 Å². The SMILES string of the molecule is COc1cccc(C(=O)N2CCCC(C(N)=NO)C2)c1O. The Bertz CT molecular complexity index is 559. The first-order valence-electron chi connectivity index (χ1n) is 6.71. The number of aromatic hydroxyl groups is 1. The van der Waals surface area contributed by atoms with Crippen molar-refractivity contribution in [3.8, 4) is 11.5 Å². The molecule has 1 saturated heterocycles. The third kappa shape index (κ3) is 3.01. The highest BCUT2D eigenvalue weighted by atomic mass is 16.5. The molecular formula is C14H19N3O4. The number of phenols is 1. The molecule has 1 amide bonds. The Kier molecular flexibility index (Phi) is 4.52. The molecule has 114 valence electrons. The van der Waals surface area contributed by atoms with Crippen LogP contribution < -0.4 is 10.5 Å². The number of ether oxygens (including phenoxy) is 1. The number of oxime groups is 1. The van der Waals surface area contributed by atoms with Gasteiger partial charge in [-0.2, -0.15) is 0 Å². The van der Waals surface area contributed by atoms with Crippen LogP contribution in [0.3, 0.4) is 0 Å². The molecule has 7 heteroatoms. The molecule has 0 spiro atoms. The normalized spacial score (nSPS) is 19.4. The molecule has 1 fully saturated rings. The Morgan fingerprint density at radius 2 is 2.29 bits per heavy atom. The minimum atomic E-state index is -0.290. The van der Waals surface area contributed by atoms with Crippen LogP contribution in [0.5, 0.6) is 11.5 Å². The maximum Gasteiger partial charge on any atom is 0.257 e. The third-order valence-electron chi connectivity index (χ3n) is 3.69. The number of hydrogen-bond donors (Lipinski definition) is 3. The molecule has 1 unspecified atom stereocenters. The van der Waals surface area contributed by atoms with E-state index in [1.807, 2.05) is 0 Å². The van der Waals surface area contributed by atoms with E-state index in [0.29, 0.717) is 13.1 Å². The maximum absolute atomic E-state index is 12.5. The van der Waals surface area contributed by atoms with Gasteiger partial charge >= 0.3 is 0 Å². The molecule has 2 rings (SSSR count). The third-order valence-corrected chi connectivity index (χ3v) is 3.69. The molecule has 1 aliphatic heterocycles. The van der Waals surface area contributed by atoms with Crippen LogP contribution >= 0.6 is 0 Å². The lowest BCUT2D eigenvalue weighted by atomic mass is 9.96. The average molecular weight is 293 g/mol. The molecule has 4 N–H and O–H groups in total. The van der Waals surface area contributed by atoms with E-state index in [-0.39, 0.29) is 34.7 Å². The maximum atomic E-state index is 12.5. The first-order valence-corrected chi connectivity index (χ1v) is 6.71. The predicted molar refractivity (Wildman–Crippen MR) is 76.7 cm³/mol. The molecule has 1 atom stereocenters. The lowest BCUT2D eigenvalue weighted by Crippen LogP contribution is -2.44. The number of amides is 1. The fraction of sp³-hybridized carbons (Fsp3) is 0.429. The van der Waals surface area contributed by atoms with Crippen LogP contribution in [0.4, 0.5) is 0 Å². The Morgan fingerprint density at radius 1 is 1.52 bits per heavy atom. The van der Waals surface area contributed by atoms with Crippen molar-refractivity contribution in [2.75, 3.05) is 20.2 Å². The van der Waals surface area contributed by atoms with Crippen LogP contribution in [0.1, 0.15) is 23.2 Å². The van der Waals surface area contributed by atoms with Crippen molar-refractivity contribution >= 4 is 11.7 Å². The van der Waals surface area contributed by atoms with Gasteiger partial charge in [0.15, 0.2) is 11.5 Å². The van der Waals surface area contributed by atoms with E-state index in [1.165, 1.54) is 7.11 Å². The van der Waals surface area contributed by atoms with Crippen LogP contribution in [0.2, 0.25) is 0 Å². The second-order valence-electron chi connectivity index (χ2n) is 4.97. The summed E-state index contributed by atoms with van der Waals surface area (Å²) in [6.45, 7) is 0.941. The summed E-state index contributed by atoms with van der Waals surface area (Å²) < 4.78 is 5.01. The minimum Gasteiger partial charge on any atom is -0.504 e. The van der Waals surface area contributed by atoms with Gasteiger partial charge in [0.05, 0.1) is 12.7 Å². The number of hydrogen-bond acceptors (Lipinski definition) is 5. The standard InChI is InChI=1S/C14H19N3O4/c1-21-11-6-2-5-10(12(11)18)14(19)17-7-3-4-9(8-17)13(15)16-20/h2,5-6,9,18,20H,3-4,7-8H2,1H3,(H2,15,16). The number of nitrogens with two attached hydrogens (primary N) is 1. The quantitative estimate of drug-likeness (QED) is 0.333. The summed E-state index contributed by atoms with van der Waals surface area (Å²) in [6, 6.07) is 4.78. The predicted octanol–water partition coefficient (Wildman–Crippen LogP) is 0.999. The Hall–Kier alpha value is -2.44. The van der Waals surface area contributed by atoms with Crippen LogP contribution in [0.25, 0.3) is 0 Å². The topological polar surface area (TPSA) is 108 Å². The summed E-state index contributed by atoms with van der Waals surface area (Å²) in [6.07, 6.45) is 1.53. The lowest BCUT2D eigenvalue weighted by Gasteiger charge is -2.32. The molecule has 1 aromatic carbocycles. The van der Waals surface area contributed by atoms with Gasteiger partial charge in [-0.15, -0.1) is 0 Å². The summed E-state index contributed by atoms with van der Waals surface area (Å²) in [7, 11) is 1.43. The summed E-state index contributed by atoms with van der Waals surface area (Å²) in [5, 5.41) is 21.8. The summed E-state index contributed by atoms with van der Waals surface area (Å²) in [5.74, 6) is -0.244. The molecule has 1 aliphatic rings. The van der Waals surface area contributed by atoms with E-state index in [4.69, 9.17) is 15.7 Å². The van der Waals surface area contributed by atoms with Crippen molar-refractivity contribution in [1.82, 2.24) is 4.90 Å². The van der Waals surface area contributed by atoms with Crippen molar-refractivity contribution in [3.05, 3.63) is 23.8 Å². The molecule has 21 heavy (non-hydrogen) atoms. The Morgan fingerprint density at radius 3 is 2.95 bits per heavy atom. The molecule has 0 aliphatic carbocycles. The molecule has 0 aromatic heterocycles. The van der Waals surface area contributed by atoms with Gasteiger partial charge in [0, 0.05) is 19.0 Å². The van der Waals surface area contributed by atoms with Crippen molar-refractivity contribution in [2.45, 2.75) is 12.8 Å². The second-order valence-corrected chi connectivity index (χ2v) is 4.97. The highest BCUT2D eigenvalue weighted by molar-refractivity contribution is 5.98. The number of benzene rings is 1. The fourth-order valence-electron chi connectivity index (χ4n) is 2.51. The number of methoxy groups -OCH3 is 1. The zero-order chi connectivity index (χ0) is 15.4. The molecule has 7 nitrogen and oxygen atoms in total. The summed E-state index contributed by atoms with van der Waals surface area (Å²) in [5.41, 5.74) is 5.81. The first kappa shape index (κ1) is 15.0. The first-order chi connectivity index (χ1) is 10.1. The second kappa shape index (κ2) is 6.34. The van der Waals surface area contributed by atoms with Gasteiger partial charge in [-0.25, -0.2) is 0 Å². The van der Waals surface area contributed by atoms with Gasteiger partial charge in [0.1, 0.15) is 5.84 Å². The van der Waals surface area contributed by atoms with Gasteiger partial charge < -0.3 is 25.7 Å². The van der Waals surface area contributed by atoms with Crippen LogP contribution in [0.15, 0.2) is 23.4 Å². The minimum absolute atomic E-state index is 0.127. The van der Waals surface area contributed by atoms with E-state index in [1.54, 1.807) is 23.1 Å². The van der Waals surface area contributed by atoms with E-state index in [9.17, 15) is 9.90 Å². The number of para-hydroxylation sites is 1. The monoisotopic (exact) mass is 293 g/mol. The summed E-state index contributed by atoms with van der Waals surface area (Å²) in [4.78, 5) is 14.1. The van der Waals surface area contributed by atoms with Gasteiger partial charge in [-0.3, -0.25) is 4.79 Å². The van der Waals surface area contributed by atoms with E-state index in [0.717, 1.165) is 12.8 Å². The van der Waals surface area contributed by atoms with E-state index in [2.05, 4.69) is 5.16 Å². The van der Waals surface area contributed by atoms with Gasteiger partial charge in [0.25, 0.3) is 5.91 Å². The largest absolute Gasteiger partial charge is 0.504 e. The Labute approximate surface area is 122 Å². The van der Waals surface area contributed by atoms with Gasteiger partial charge in [0.2, 0.25) is 0 Å². The van der Waals surface area contributed by atoms with Crippen molar-refractivity contribution in [2.24, 2.45) is 16.8 Å². The number of likely N-dealkylation sites (tertiary alicyclic amines) is 1. The van der Waals surface area contributed by atoms with Crippen LogP contribution in [-0.4, -0.2) is 47.2 Å². The number of amidine groups is 1. The average Bonchev–Trinajstić information content (AvgIpc) is 2.53. The smallest absolute Gasteiger partial charge is 0.257 e. The lowest BCUT2D eigenvalue weighted by molar-refractivity contribution is 0.0697. The Balaban J connectivity index is 2.20. The number of phenolic OH excluding ortho intramolecular Hbond substituents is 1. The van der Waals surface area contributed by atoms with Crippen molar-refractivity contribution in [1.29, 1.82) is 0 Å². The van der Waals surface area contributed by atoms with Crippen molar-refractivity contribution in [3.63, 3.8) is 0 Å². The van der Waals surface area contributed by atoms with Gasteiger partial charge in [-0.1, -0.05) is 11.2 Å². The molecule has 1 aromatic rings. The zero-order valence-corrected chi connectivity index (χ0v) is 11.8. The molecule has 0 bridgehead atoms.